The van der Waals surface area contributed by atoms with Crippen LogP contribution in [0.1, 0.15) is 18.4 Å². The summed E-state index contributed by atoms with van der Waals surface area (Å²) in [6, 6.07) is 5.76. The second-order valence-corrected chi connectivity index (χ2v) is 6.05. The fourth-order valence-electron chi connectivity index (χ4n) is 2.32. The van der Waals surface area contributed by atoms with E-state index in [2.05, 4.69) is 15.9 Å². The van der Waals surface area contributed by atoms with Gasteiger partial charge >= 0.3 is 5.97 Å². The molecule has 5 nitrogen and oxygen atoms in total. The number of ether oxygens (including phenoxy) is 1. The molecule has 1 N–H and O–H groups in total. The Hall–Kier alpha value is -1.56. The van der Waals surface area contributed by atoms with E-state index in [4.69, 9.17) is 9.84 Å². The lowest BCUT2D eigenvalue weighted by molar-refractivity contribution is -0.141. The quantitative estimate of drug-likeness (QED) is 0.880. The van der Waals surface area contributed by atoms with Crippen molar-refractivity contribution in [1.29, 1.82) is 0 Å². The smallest absolute Gasteiger partial charge is 0.308 e. The number of carbonyl (C=O) groups excluding carboxylic acids is 1. The van der Waals surface area contributed by atoms with Gasteiger partial charge in [-0.3, -0.25) is 9.59 Å². The molecule has 1 aliphatic heterocycles. The number of likely N-dealkylation sites (tertiary alicyclic amines) is 1. The lowest BCUT2D eigenvalue weighted by Gasteiger charge is -2.16. The number of rotatable bonds is 5. The molecule has 0 aromatic heterocycles. The number of aliphatic carboxylic acids is 1. The van der Waals surface area contributed by atoms with Crippen LogP contribution in [0.25, 0.3) is 0 Å². The Labute approximate surface area is 132 Å². The maximum atomic E-state index is 12.0. The van der Waals surface area contributed by atoms with Crippen molar-refractivity contribution in [2.24, 2.45) is 5.92 Å². The van der Waals surface area contributed by atoms with E-state index in [1.807, 2.05) is 25.1 Å². The average molecular weight is 356 g/mol. The van der Waals surface area contributed by atoms with Gasteiger partial charge in [0.05, 0.1) is 23.4 Å². The van der Waals surface area contributed by atoms with Crippen molar-refractivity contribution in [3.8, 4) is 5.75 Å². The van der Waals surface area contributed by atoms with Crippen LogP contribution >= 0.6 is 15.9 Å². The van der Waals surface area contributed by atoms with Crippen LogP contribution in [0.15, 0.2) is 22.7 Å². The van der Waals surface area contributed by atoms with E-state index in [1.54, 1.807) is 4.90 Å². The Kier molecular flexibility index (Phi) is 5.22. The summed E-state index contributed by atoms with van der Waals surface area (Å²) >= 11 is 3.42. The minimum absolute atomic E-state index is 0.0537. The highest BCUT2D eigenvalue weighted by Gasteiger charge is 2.30. The topological polar surface area (TPSA) is 66.8 Å². The molecule has 2 rings (SSSR count). The summed E-state index contributed by atoms with van der Waals surface area (Å²) in [4.78, 5) is 24.5. The van der Waals surface area contributed by atoms with Crippen molar-refractivity contribution in [1.82, 2.24) is 4.90 Å². The van der Waals surface area contributed by atoms with Gasteiger partial charge in [0.2, 0.25) is 5.91 Å². The first kappa shape index (κ1) is 15.8. The van der Waals surface area contributed by atoms with Crippen LogP contribution in [-0.2, 0) is 9.59 Å². The monoisotopic (exact) mass is 355 g/mol. The molecule has 1 aliphatic rings. The lowest BCUT2D eigenvalue weighted by Crippen LogP contribution is -2.30. The summed E-state index contributed by atoms with van der Waals surface area (Å²) in [5.41, 5.74) is 1.13. The molecule has 1 atom stereocenters. The second kappa shape index (κ2) is 6.93. The number of carbonyl (C=O) groups is 2. The van der Waals surface area contributed by atoms with Crippen LogP contribution in [0.2, 0.25) is 0 Å². The molecular formula is C15H18BrNO4. The van der Waals surface area contributed by atoms with Crippen molar-refractivity contribution in [2.45, 2.75) is 19.8 Å². The van der Waals surface area contributed by atoms with E-state index < -0.39 is 11.9 Å². The fraction of sp³-hybridized carbons (Fsp3) is 0.467. The van der Waals surface area contributed by atoms with Crippen molar-refractivity contribution < 1.29 is 19.4 Å². The molecule has 1 amide bonds. The molecule has 1 aromatic carbocycles. The SMILES string of the molecule is Cc1ccc(OCCC(=O)N2CC[C@H](C(=O)O)C2)c(Br)c1. The number of carboxylic acid groups (broad SMARTS) is 1. The molecule has 0 radical (unpaired) electrons. The molecule has 0 saturated carbocycles. The Bertz CT molecular complexity index is 546. The van der Waals surface area contributed by atoms with E-state index in [0.717, 1.165) is 10.0 Å². The number of aryl methyl sites for hydroxylation is 1. The van der Waals surface area contributed by atoms with Crippen molar-refractivity contribution in [3.05, 3.63) is 28.2 Å². The second-order valence-electron chi connectivity index (χ2n) is 5.20. The first-order valence-electron chi connectivity index (χ1n) is 6.87. The predicted molar refractivity (Wildman–Crippen MR) is 81.3 cm³/mol. The van der Waals surface area contributed by atoms with Crippen LogP contribution < -0.4 is 4.74 Å². The van der Waals surface area contributed by atoms with Crippen molar-refractivity contribution in [2.75, 3.05) is 19.7 Å². The molecule has 0 aliphatic carbocycles. The highest BCUT2D eigenvalue weighted by molar-refractivity contribution is 9.10. The molecule has 6 heteroatoms. The summed E-state index contributed by atoms with van der Waals surface area (Å²) < 4.78 is 6.45. The minimum atomic E-state index is -0.829. The third-order valence-electron chi connectivity index (χ3n) is 3.55. The molecule has 0 bridgehead atoms. The zero-order valence-corrected chi connectivity index (χ0v) is 13.4. The zero-order valence-electron chi connectivity index (χ0n) is 11.8. The molecule has 1 saturated heterocycles. The van der Waals surface area contributed by atoms with E-state index >= 15 is 0 Å². The highest BCUT2D eigenvalue weighted by atomic mass is 79.9. The van der Waals surface area contributed by atoms with Gasteiger partial charge in [-0.25, -0.2) is 0 Å². The number of halogens is 1. The standard InChI is InChI=1S/C15H18BrNO4/c1-10-2-3-13(12(16)8-10)21-7-5-14(18)17-6-4-11(9-17)15(19)20/h2-3,8,11H,4-7,9H2,1H3,(H,19,20)/t11-/m0/s1. The number of hydrogen-bond acceptors (Lipinski definition) is 3. The summed E-state index contributed by atoms with van der Waals surface area (Å²) in [6.45, 7) is 3.10. The molecule has 114 valence electrons. The van der Waals surface area contributed by atoms with Gasteiger partial charge in [-0.15, -0.1) is 0 Å². The number of carboxylic acids is 1. The van der Waals surface area contributed by atoms with Crippen LogP contribution in [-0.4, -0.2) is 41.6 Å². The molecule has 1 heterocycles. The van der Waals surface area contributed by atoms with Gasteiger partial charge in [-0.1, -0.05) is 6.07 Å². The Morgan fingerprint density at radius 3 is 2.86 bits per heavy atom. The number of nitrogens with zero attached hydrogens (tertiary/aromatic N) is 1. The first-order chi connectivity index (χ1) is 9.97. The van der Waals surface area contributed by atoms with Gasteiger partial charge in [0.15, 0.2) is 0 Å². The third-order valence-corrected chi connectivity index (χ3v) is 4.17. The van der Waals surface area contributed by atoms with Crippen LogP contribution in [0.5, 0.6) is 5.75 Å². The van der Waals surface area contributed by atoms with E-state index in [9.17, 15) is 9.59 Å². The maximum absolute atomic E-state index is 12.0. The van der Waals surface area contributed by atoms with E-state index in [1.165, 1.54) is 0 Å². The third kappa shape index (κ3) is 4.20. The fourth-order valence-corrected chi connectivity index (χ4v) is 2.93. The Morgan fingerprint density at radius 2 is 2.24 bits per heavy atom. The van der Waals surface area contributed by atoms with Gasteiger partial charge in [0.1, 0.15) is 5.75 Å². The van der Waals surface area contributed by atoms with Crippen LogP contribution in [0.4, 0.5) is 0 Å². The van der Waals surface area contributed by atoms with Crippen LogP contribution in [0, 0.1) is 12.8 Å². The summed E-state index contributed by atoms with van der Waals surface area (Å²) in [7, 11) is 0. The van der Waals surface area contributed by atoms with Gasteiger partial charge in [-0.2, -0.15) is 0 Å². The molecule has 0 unspecified atom stereocenters. The molecular weight excluding hydrogens is 338 g/mol. The summed E-state index contributed by atoms with van der Waals surface area (Å²) in [5.74, 6) is -0.605. The maximum Gasteiger partial charge on any atom is 0.308 e. The molecule has 0 spiro atoms. The Balaban J connectivity index is 1.78. The Morgan fingerprint density at radius 1 is 1.48 bits per heavy atom. The van der Waals surface area contributed by atoms with Gasteiger partial charge in [0, 0.05) is 13.1 Å². The number of hydrogen-bond donors (Lipinski definition) is 1. The van der Waals surface area contributed by atoms with Crippen molar-refractivity contribution in [3.63, 3.8) is 0 Å². The number of amides is 1. The summed E-state index contributed by atoms with van der Waals surface area (Å²) in [6.07, 6.45) is 0.790. The van der Waals surface area contributed by atoms with Gasteiger partial charge < -0.3 is 14.7 Å². The average Bonchev–Trinajstić information content (AvgIpc) is 2.91. The largest absolute Gasteiger partial charge is 0.492 e. The van der Waals surface area contributed by atoms with Gasteiger partial charge in [-0.05, 0) is 47.0 Å². The molecule has 21 heavy (non-hydrogen) atoms. The predicted octanol–water partition coefficient (Wildman–Crippen LogP) is 2.46. The minimum Gasteiger partial charge on any atom is -0.492 e. The normalized spacial score (nSPS) is 17.8. The van der Waals surface area contributed by atoms with Gasteiger partial charge in [0.25, 0.3) is 0 Å². The first-order valence-corrected chi connectivity index (χ1v) is 7.66. The molecule has 1 aromatic rings. The van der Waals surface area contributed by atoms with E-state index in [0.29, 0.717) is 25.3 Å². The number of benzene rings is 1. The van der Waals surface area contributed by atoms with E-state index in [-0.39, 0.29) is 18.9 Å². The highest BCUT2D eigenvalue weighted by Crippen LogP contribution is 2.26. The summed E-state index contributed by atoms with van der Waals surface area (Å²) in [5, 5.41) is 8.92. The van der Waals surface area contributed by atoms with Crippen LogP contribution in [0.3, 0.4) is 0 Å². The molecule has 1 fully saturated rings. The lowest BCUT2D eigenvalue weighted by atomic mass is 10.1. The van der Waals surface area contributed by atoms with Crippen molar-refractivity contribution >= 4 is 27.8 Å². The zero-order chi connectivity index (χ0) is 15.4.